The Balaban J connectivity index is 0.00000161. The van der Waals surface area contributed by atoms with E-state index >= 15 is 0 Å². The fourth-order valence-electron chi connectivity index (χ4n) is 3.44. The summed E-state index contributed by atoms with van der Waals surface area (Å²) in [5, 5.41) is 3.55. The Hall–Kier alpha value is -0.620. The standard InChI is InChI=1S/C15H22N2O2S.ClH/c1-17(15-9-13-7-8-14(10-15)16-13)20(18,19)11-12-5-3-2-4-6-12;/h2-6,13-16H,7-11H2,1H3;1H. The molecule has 2 aliphatic heterocycles. The third-order valence-corrected chi connectivity index (χ3v) is 6.47. The zero-order chi connectivity index (χ0) is 14.2. The number of rotatable bonds is 4. The van der Waals surface area contributed by atoms with Gasteiger partial charge in [-0.1, -0.05) is 30.3 Å². The van der Waals surface area contributed by atoms with Gasteiger partial charge in [-0.2, -0.15) is 0 Å². The highest BCUT2D eigenvalue weighted by Gasteiger charge is 2.38. The topological polar surface area (TPSA) is 49.4 Å². The summed E-state index contributed by atoms with van der Waals surface area (Å²) in [5.74, 6) is 0.101. The van der Waals surface area contributed by atoms with Crippen molar-refractivity contribution < 1.29 is 8.42 Å². The molecule has 0 spiro atoms. The van der Waals surface area contributed by atoms with Crippen LogP contribution < -0.4 is 5.32 Å². The van der Waals surface area contributed by atoms with Gasteiger partial charge in [-0.25, -0.2) is 12.7 Å². The fourth-order valence-corrected chi connectivity index (χ4v) is 4.88. The average molecular weight is 331 g/mol. The van der Waals surface area contributed by atoms with E-state index in [1.165, 1.54) is 12.8 Å². The number of halogens is 1. The lowest BCUT2D eigenvalue weighted by Crippen LogP contribution is -2.48. The predicted molar refractivity (Wildman–Crippen MR) is 87.0 cm³/mol. The zero-order valence-corrected chi connectivity index (χ0v) is 13.9. The van der Waals surface area contributed by atoms with Crippen LogP contribution in [0.15, 0.2) is 30.3 Å². The van der Waals surface area contributed by atoms with Crippen molar-refractivity contribution in [1.29, 1.82) is 0 Å². The molecule has 4 nitrogen and oxygen atoms in total. The van der Waals surface area contributed by atoms with Gasteiger partial charge in [0.15, 0.2) is 0 Å². The molecule has 0 amide bonds. The van der Waals surface area contributed by atoms with Crippen LogP contribution >= 0.6 is 12.4 Å². The van der Waals surface area contributed by atoms with Crippen molar-refractivity contribution in [3.05, 3.63) is 35.9 Å². The van der Waals surface area contributed by atoms with E-state index in [1.807, 2.05) is 30.3 Å². The molecule has 6 heteroatoms. The molecule has 0 radical (unpaired) electrons. The second kappa shape index (κ2) is 6.65. The van der Waals surface area contributed by atoms with Gasteiger partial charge in [0.1, 0.15) is 0 Å². The number of piperidine rings is 1. The van der Waals surface area contributed by atoms with Gasteiger partial charge in [0.25, 0.3) is 0 Å². The van der Waals surface area contributed by atoms with Crippen molar-refractivity contribution in [1.82, 2.24) is 9.62 Å². The van der Waals surface area contributed by atoms with Gasteiger partial charge >= 0.3 is 0 Å². The quantitative estimate of drug-likeness (QED) is 0.920. The Morgan fingerprint density at radius 3 is 2.29 bits per heavy atom. The summed E-state index contributed by atoms with van der Waals surface area (Å²) in [4.78, 5) is 0. The molecule has 2 atom stereocenters. The molecule has 1 aromatic rings. The average Bonchev–Trinajstić information content (AvgIpc) is 2.77. The highest BCUT2D eigenvalue weighted by atomic mass is 35.5. The first-order valence-electron chi connectivity index (χ1n) is 7.30. The molecular weight excluding hydrogens is 308 g/mol. The number of fused-ring (bicyclic) bond motifs is 2. The number of nitrogens with one attached hydrogen (secondary N) is 1. The molecule has 2 heterocycles. The van der Waals surface area contributed by atoms with E-state index in [2.05, 4.69) is 5.32 Å². The molecule has 0 saturated carbocycles. The van der Waals surface area contributed by atoms with E-state index in [0.29, 0.717) is 12.1 Å². The summed E-state index contributed by atoms with van der Waals surface area (Å²) in [6.45, 7) is 0. The lowest BCUT2D eigenvalue weighted by molar-refractivity contribution is 0.251. The highest BCUT2D eigenvalue weighted by molar-refractivity contribution is 7.88. The van der Waals surface area contributed by atoms with Crippen LogP contribution in [0.2, 0.25) is 0 Å². The minimum absolute atomic E-state index is 0. The van der Waals surface area contributed by atoms with Crippen LogP contribution in [0.4, 0.5) is 0 Å². The van der Waals surface area contributed by atoms with Crippen LogP contribution in [0.5, 0.6) is 0 Å². The molecule has 0 aromatic heterocycles. The summed E-state index contributed by atoms with van der Waals surface area (Å²) in [6, 6.07) is 10.6. The van der Waals surface area contributed by atoms with Crippen molar-refractivity contribution in [2.75, 3.05) is 7.05 Å². The predicted octanol–water partition coefficient (Wildman–Crippen LogP) is 2.15. The van der Waals surface area contributed by atoms with E-state index in [9.17, 15) is 8.42 Å². The molecule has 118 valence electrons. The Morgan fingerprint density at radius 1 is 1.14 bits per heavy atom. The maximum atomic E-state index is 12.5. The molecule has 1 N–H and O–H groups in total. The second-order valence-corrected chi connectivity index (χ2v) is 8.05. The lowest BCUT2D eigenvalue weighted by Gasteiger charge is -2.34. The molecule has 21 heavy (non-hydrogen) atoms. The van der Waals surface area contributed by atoms with Gasteiger partial charge < -0.3 is 5.32 Å². The highest BCUT2D eigenvalue weighted by Crippen LogP contribution is 2.30. The lowest BCUT2D eigenvalue weighted by atomic mass is 10.0. The molecule has 1 aromatic carbocycles. The monoisotopic (exact) mass is 330 g/mol. The molecule has 2 aliphatic rings. The number of hydrogen-bond donors (Lipinski definition) is 1. The van der Waals surface area contributed by atoms with Crippen LogP contribution in [0.1, 0.15) is 31.2 Å². The van der Waals surface area contributed by atoms with Crippen LogP contribution in [0.3, 0.4) is 0 Å². The molecule has 2 fully saturated rings. The van der Waals surface area contributed by atoms with Gasteiger partial charge in [0.2, 0.25) is 10.0 Å². The second-order valence-electron chi connectivity index (χ2n) is 6.02. The molecular formula is C15H23ClN2O2S. The van der Waals surface area contributed by atoms with Gasteiger partial charge in [0, 0.05) is 25.2 Å². The number of sulfonamides is 1. The molecule has 3 rings (SSSR count). The van der Waals surface area contributed by atoms with Crippen molar-refractivity contribution in [3.8, 4) is 0 Å². The Morgan fingerprint density at radius 2 is 1.71 bits per heavy atom. The van der Waals surface area contributed by atoms with E-state index in [0.717, 1.165) is 18.4 Å². The summed E-state index contributed by atoms with van der Waals surface area (Å²) >= 11 is 0. The number of benzene rings is 1. The van der Waals surface area contributed by atoms with Crippen LogP contribution in [-0.4, -0.2) is 37.9 Å². The summed E-state index contributed by atoms with van der Waals surface area (Å²) in [7, 11) is -1.48. The van der Waals surface area contributed by atoms with Crippen LogP contribution in [0, 0.1) is 0 Å². The van der Waals surface area contributed by atoms with E-state index in [4.69, 9.17) is 0 Å². The maximum Gasteiger partial charge on any atom is 0.218 e. The molecule has 2 saturated heterocycles. The fraction of sp³-hybridized carbons (Fsp3) is 0.600. The normalized spacial score (nSPS) is 28.4. The van der Waals surface area contributed by atoms with Crippen molar-refractivity contribution in [3.63, 3.8) is 0 Å². The summed E-state index contributed by atoms with van der Waals surface area (Å²) < 4.78 is 26.7. The third kappa shape index (κ3) is 3.77. The molecule has 2 unspecified atom stereocenters. The van der Waals surface area contributed by atoms with E-state index < -0.39 is 10.0 Å². The third-order valence-electron chi connectivity index (χ3n) is 4.59. The van der Waals surface area contributed by atoms with Gasteiger partial charge in [0.05, 0.1) is 5.75 Å². The van der Waals surface area contributed by atoms with Gasteiger partial charge in [-0.15, -0.1) is 12.4 Å². The first kappa shape index (κ1) is 16.7. The van der Waals surface area contributed by atoms with Crippen molar-refractivity contribution >= 4 is 22.4 Å². The molecule has 2 bridgehead atoms. The minimum Gasteiger partial charge on any atom is -0.311 e. The summed E-state index contributed by atoms with van der Waals surface area (Å²) in [6.07, 6.45) is 4.27. The van der Waals surface area contributed by atoms with E-state index in [1.54, 1.807) is 11.4 Å². The van der Waals surface area contributed by atoms with Crippen LogP contribution in [-0.2, 0) is 15.8 Å². The van der Waals surface area contributed by atoms with Crippen LogP contribution in [0.25, 0.3) is 0 Å². The SMILES string of the molecule is CN(C1CC2CCC(C1)N2)S(=O)(=O)Cc1ccccc1.Cl. The zero-order valence-electron chi connectivity index (χ0n) is 12.2. The largest absolute Gasteiger partial charge is 0.311 e. The Bertz CT molecular complexity index is 552. The maximum absolute atomic E-state index is 12.5. The Kier molecular flexibility index (Phi) is 5.30. The Labute approximate surface area is 133 Å². The van der Waals surface area contributed by atoms with Crippen molar-refractivity contribution in [2.45, 2.75) is 49.6 Å². The minimum atomic E-state index is -3.23. The number of nitrogens with zero attached hydrogens (tertiary/aromatic N) is 1. The first-order chi connectivity index (χ1) is 9.54. The molecule has 0 aliphatic carbocycles. The van der Waals surface area contributed by atoms with E-state index in [-0.39, 0.29) is 24.2 Å². The van der Waals surface area contributed by atoms with Crippen molar-refractivity contribution in [2.24, 2.45) is 0 Å². The smallest absolute Gasteiger partial charge is 0.218 e. The summed E-state index contributed by atoms with van der Waals surface area (Å²) in [5.41, 5.74) is 0.858. The van der Waals surface area contributed by atoms with Gasteiger partial charge in [-0.3, -0.25) is 0 Å². The first-order valence-corrected chi connectivity index (χ1v) is 8.91. The van der Waals surface area contributed by atoms with Gasteiger partial charge in [-0.05, 0) is 31.2 Å². The number of hydrogen-bond acceptors (Lipinski definition) is 3.